The quantitative estimate of drug-likeness (QED) is 0.824. The number of amides is 1. The molecule has 110 valence electrons. The monoisotopic (exact) mass is 309 g/mol. The smallest absolute Gasteiger partial charge is 0.288 e. The third kappa shape index (κ3) is 4.46. The third-order valence-electron chi connectivity index (χ3n) is 2.72. The minimum absolute atomic E-state index is 0.0274. The highest BCUT2D eigenvalue weighted by Gasteiger charge is 2.13. The van der Waals surface area contributed by atoms with Crippen LogP contribution in [0.5, 0.6) is 5.75 Å². The SMILES string of the molecule is O=C(Cc1ccccc1O)Nc1ccccc1SC(F)F. The average Bonchev–Trinajstić information content (AvgIpc) is 2.43. The van der Waals surface area contributed by atoms with Crippen LogP contribution in [0.1, 0.15) is 5.56 Å². The fraction of sp³-hybridized carbons (Fsp3) is 0.133. The van der Waals surface area contributed by atoms with Crippen LogP contribution >= 0.6 is 11.8 Å². The molecule has 2 aromatic rings. The van der Waals surface area contributed by atoms with Crippen molar-refractivity contribution in [1.82, 2.24) is 0 Å². The van der Waals surface area contributed by atoms with E-state index in [1.54, 1.807) is 36.4 Å². The summed E-state index contributed by atoms with van der Waals surface area (Å²) >= 11 is 0.379. The van der Waals surface area contributed by atoms with Crippen LogP contribution in [0.15, 0.2) is 53.4 Å². The van der Waals surface area contributed by atoms with Crippen molar-refractivity contribution in [2.24, 2.45) is 0 Å². The summed E-state index contributed by atoms with van der Waals surface area (Å²) in [4.78, 5) is 12.3. The van der Waals surface area contributed by atoms with Crippen LogP contribution in [-0.4, -0.2) is 16.8 Å². The number of hydrogen-bond acceptors (Lipinski definition) is 3. The third-order valence-corrected chi connectivity index (χ3v) is 3.51. The highest BCUT2D eigenvalue weighted by molar-refractivity contribution is 7.99. The Morgan fingerprint density at radius 3 is 2.52 bits per heavy atom. The van der Waals surface area contributed by atoms with Gasteiger partial charge in [-0.25, -0.2) is 0 Å². The molecular formula is C15H13F2NO2S. The van der Waals surface area contributed by atoms with Crippen molar-refractivity contribution >= 4 is 23.4 Å². The van der Waals surface area contributed by atoms with Crippen molar-refractivity contribution in [3.05, 3.63) is 54.1 Å². The summed E-state index contributed by atoms with van der Waals surface area (Å²) in [5.41, 5.74) is 0.817. The number of aromatic hydroxyl groups is 1. The Bertz CT molecular complexity index is 635. The number of para-hydroxylation sites is 2. The van der Waals surface area contributed by atoms with Gasteiger partial charge in [0.05, 0.1) is 12.1 Å². The number of thioether (sulfide) groups is 1. The van der Waals surface area contributed by atoms with E-state index in [9.17, 15) is 18.7 Å². The zero-order valence-electron chi connectivity index (χ0n) is 10.9. The largest absolute Gasteiger partial charge is 0.508 e. The molecule has 0 heterocycles. The van der Waals surface area contributed by atoms with Gasteiger partial charge in [-0.3, -0.25) is 4.79 Å². The second-order valence-corrected chi connectivity index (χ2v) is 5.26. The second kappa shape index (κ2) is 7.08. The number of halogens is 2. The first kappa shape index (κ1) is 15.3. The number of carbonyl (C=O) groups is 1. The van der Waals surface area contributed by atoms with Crippen molar-refractivity contribution in [2.75, 3.05) is 5.32 Å². The highest BCUT2D eigenvalue weighted by atomic mass is 32.2. The standard InChI is InChI=1S/C15H13F2NO2S/c16-15(17)21-13-8-4-2-6-11(13)18-14(20)9-10-5-1-3-7-12(10)19/h1-8,15,19H,9H2,(H,18,20). The Hall–Kier alpha value is -2.08. The van der Waals surface area contributed by atoms with Crippen LogP contribution in [0.2, 0.25) is 0 Å². The highest BCUT2D eigenvalue weighted by Crippen LogP contribution is 2.31. The number of benzene rings is 2. The van der Waals surface area contributed by atoms with E-state index < -0.39 is 5.76 Å². The molecule has 0 saturated carbocycles. The Morgan fingerprint density at radius 2 is 1.81 bits per heavy atom. The lowest BCUT2D eigenvalue weighted by atomic mass is 10.1. The van der Waals surface area contributed by atoms with E-state index in [-0.39, 0.29) is 18.1 Å². The molecule has 1 amide bonds. The lowest BCUT2D eigenvalue weighted by molar-refractivity contribution is -0.115. The van der Waals surface area contributed by atoms with Gasteiger partial charge in [0.1, 0.15) is 5.75 Å². The molecule has 2 rings (SSSR count). The maximum absolute atomic E-state index is 12.5. The predicted molar refractivity (Wildman–Crippen MR) is 78.7 cm³/mol. The van der Waals surface area contributed by atoms with E-state index in [1.807, 2.05) is 0 Å². The first-order chi connectivity index (χ1) is 10.1. The van der Waals surface area contributed by atoms with E-state index in [1.165, 1.54) is 12.1 Å². The lowest BCUT2D eigenvalue weighted by Crippen LogP contribution is -2.15. The van der Waals surface area contributed by atoms with Crippen LogP contribution in [0, 0.1) is 0 Å². The van der Waals surface area contributed by atoms with Gasteiger partial charge in [0.15, 0.2) is 0 Å². The first-order valence-electron chi connectivity index (χ1n) is 6.17. The number of nitrogens with one attached hydrogen (secondary N) is 1. The minimum Gasteiger partial charge on any atom is -0.508 e. The number of phenols is 1. The van der Waals surface area contributed by atoms with E-state index in [4.69, 9.17) is 0 Å². The topological polar surface area (TPSA) is 49.3 Å². The van der Waals surface area contributed by atoms with Crippen molar-refractivity contribution in [2.45, 2.75) is 17.1 Å². The predicted octanol–water partition coefficient (Wildman–Crippen LogP) is 3.89. The summed E-state index contributed by atoms with van der Waals surface area (Å²) in [7, 11) is 0. The Kier molecular flexibility index (Phi) is 5.16. The number of alkyl halides is 2. The number of rotatable bonds is 5. The molecule has 3 nitrogen and oxygen atoms in total. The molecule has 0 saturated heterocycles. The molecule has 0 aromatic heterocycles. The van der Waals surface area contributed by atoms with Gasteiger partial charge in [0.2, 0.25) is 5.91 Å². The lowest BCUT2D eigenvalue weighted by Gasteiger charge is -2.10. The maximum atomic E-state index is 12.5. The van der Waals surface area contributed by atoms with Crippen molar-refractivity contribution in [1.29, 1.82) is 0 Å². The van der Waals surface area contributed by atoms with Crippen molar-refractivity contribution in [3.8, 4) is 5.75 Å². The molecule has 0 spiro atoms. The van der Waals surface area contributed by atoms with Gasteiger partial charge in [-0.1, -0.05) is 42.1 Å². The van der Waals surface area contributed by atoms with Gasteiger partial charge in [0, 0.05) is 10.5 Å². The van der Waals surface area contributed by atoms with Crippen LogP contribution in [0.3, 0.4) is 0 Å². The van der Waals surface area contributed by atoms with Gasteiger partial charge in [-0.05, 0) is 18.2 Å². The molecule has 0 atom stereocenters. The second-order valence-electron chi connectivity index (χ2n) is 4.23. The zero-order valence-corrected chi connectivity index (χ0v) is 11.7. The molecule has 0 radical (unpaired) electrons. The summed E-state index contributed by atoms with van der Waals surface area (Å²) in [5, 5.41) is 12.2. The average molecular weight is 309 g/mol. The zero-order chi connectivity index (χ0) is 15.2. The molecular weight excluding hydrogens is 296 g/mol. The molecule has 6 heteroatoms. The molecule has 2 aromatic carbocycles. The fourth-order valence-electron chi connectivity index (χ4n) is 1.80. The van der Waals surface area contributed by atoms with Crippen molar-refractivity contribution < 1.29 is 18.7 Å². The van der Waals surface area contributed by atoms with Gasteiger partial charge >= 0.3 is 0 Å². The van der Waals surface area contributed by atoms with E-state index in [2.05, 4.69) is 5.32 Å². The normalized spacial score (nSPS) is 10.6. The van der Waals surface area contributed by atoms with E-state index in [0.717, 1.165) is 0 Å². The van der Waals surface area contributed by atoms with Gasteiger partial charge in [-0.2, -0.15) is 8.78 Å². The Labute approximate surface area is 125 Å². The maximum Gasteiger partial charge on any atom is 0.288 e. The molecule has 0 aliphatic heterocycles. The number of anilines is 1. The Morgan fingerprint density at radius 1 is 1.14 bits per heavy atom. The fourth-order valence-corrected chi connectivity index (χ4v) is 2.39. The molecule has 0 unspecified atom stereocenters. The van der Waals surface area contributed by atoms with Crippen LogP contribution in [0.25, 0.3) is 0 Å². The van der Waals surface area contributed by atoms with Crippen LogP contribution < -0.4 is 5.32 Å². The number of carbonyl (C=O) groups excluding carboxylic acids is 1. The van der Waals surface area contributed by atoms with E-state index >= 15 is 0 Å². The van der Waals surface area contributed by atoms with Gasteiger partial charge in [-0.15, -0.1) is 0 Å². The van der Waals surface area contributed by atoms with Crippen LogP contribution in [-0.2, 0) is 11.2 Å². The summed E-state index contributed by atoms with van der Waals surface area (Å²) in [6, 6.07) is 12.9. The minimum atomic E-state index is -2.55. The Balaban J connectivity index is 2.08. The van der Waals surface area contributed by atoms with Gasteiger partial charge in [0.25, 0.3) is 5.76 Å². The molecule has 0 fully saturated rings. The molecule has 0 bridgehead atoms. The molecule has 21 heavy (non-hydrogen) atoms. The molecule has 2 N–H and O–H groups in total. The first-order valence-corrected chi connectivity index (χ1v) is 7.05. The summed E-state index contributed by atoms with van der Waals surface area (Å²) in [6.07, 6.45) is -0.0274. The van der Waals surface area contributed by atoms with Crippen LogP contribution in [0.4, 0.5) is 14.5 Å². The van der Waals surface area contributed by atoms with Crippen molar-refractivity contribution in [3.63, 3.8) is 0 Å². The summed E-state index contributed by atoms with van der Waals surface area (Å²) in [6.45, 7) is 0. The number of hydrogen-bond donors (Lipinski definition) is 2. The van der Waals surface area contributed by atoms with E-state index in [0.29, 0.717) is 27.9 Å². The summed E-state index contributed by atoms with van der Waals surface area (Å²) < 4.78 is 24.9. The molecule has 0 aliphatic rings. The number of phenolic OH excluding ortho intramolecular Hbond substituents is 1. The molecule has 0 aliphatic carbocycles. The summed E-state index contributed by atoms with van der Waals surface area (Å²) in [5.74, 6) is -2.90. The van der Waals surface area contributed by atoms with Gasteiger partial charge < -0.3 is 10.4 Å².